The van der Waals surface area contributed by atoms with E-state index in [9.17, 15) is 9.59 Å². The van der Waals surface area contributed by atoms with Gasteiger partial charge in [-0.2, -0.15) is 0 Å². The highest BCUT2D eigenvalue weighted by molar-refractivity contribution is 9.10. The summed E-state index contributed by atoms with van der Waals surface area (Å²) in [5, 5.41) is 0.688. The van der Waals surface area contributed by atoms with E-state index in [1.807, 2.05) is 12.1 Å². The van der Waals surface area contributed by atoms with Gasteiger partial charge in [0.05, 0.1) is 9.50 Å². The Morgan fingerprint density at radius 3 is 2.11 bits per heavy atom. The van der Waals surface area contributed by atoms with Crippen LogP contribution in [0.5, 0.6) is 11.5 Å². The van der Waals surface area contributed by atoms with Crippen molar-refractivity contribution in [3.63, 3.8) is 0 Å². The lowest BCUT2D eigenvalue weighted by Crippen LogP contribution is -2.45. The molecule has 0 unspecified atom stereocenters. The molecule has 2 aromatic carbocycles. The molecule has 0 aliphatic heterocycles. The third kappa shape index (κ3) is 6.89. The molecule has 2 amide bonds. The molecular weight excluding hydrogens is 471 g/mol. The number of hydrogen-bond acceptors (Lipinski definition) is 4. The van der Waals surface area contributed by atoms with Crippen LogP contribution in [0.25, 0.3) is 0 Å². The lowest BCUT2D eigenvalue weighted by atomic mass is 10.0. The van der Waals surface area contributed by atoms with E-state index in [0.29, 0.717) is 21.2 Å². The lowest BCUT2D eigenvalue weighted by molar-refractivity contribution is -0.131. The zero-order valence-electron chi connectivity index (χ0n) is 15.2. The number of ether oxygens (including phenoxy) is 2. The van der Waals surface area contributed by atoms with Crippen LogP contribution < -0.4 is 20.3 Å². The van der Waals surface area contributed by atoms with Crippen molar-refractivity contribution in [3.05, 3.63) is 56.5 Å². The first-order chi connectivity index (χ1) is 13.3. The van der Waals surface area contributed by atoms with Crippen LogP contribution in [0.2, 0.25) is 10.0 Å². The van der Waals surface area contributed by atoms with E-state index < -0.39 is 11.8 Å². The van der Waals surface area contributed by atoms with Gasteiger partial charge in [0.15, 0.2) is 19.0 Å². The Morgan fingerprint density at radius 1 is 1.00 bits per heavy atom. The van der Waals surface area contributed by atoms with Crippen molar-refractivity contribution >= 4 is 50.9 Å². The highest BCUT2D eigenvalue weighted by atomic mass is 79.9. The zero-order chi connectivity index (χ0) is 20.7. The Balaban J connectivity index is 1.73. The second-order valence-corrected chi connectivity index (χ2v) is 7.79. The number of hydrogen-bond donors (Lipinski definition) is 2. The number of nitrogens with one attached hydrogen (secondary N) is 2. The number of halogens is 3. The largest absolute Gasteiger partial charge is 0.484 e. The van der Waals surface area contributed by atoms with Gasteiger partial charge in [0.1, 0.15) is 5.75 Å². The third-order valence-electron chi connectivity index (χ3n) is 3.57. The molecule has 0 spiro atoms. The number of amides is 2. The Labute approximate surface area is 181 Å². The fourth-order valence-electron chi connectivity index (χ4n) is 2.11. The molecule has 0 aliphatic carbocycles. The minimum atomic E-state index is -0.562. The molecule has 0 atom stereocenters. The summed E-state index contributed by atoms with van der Waals surface area (Å²) in [7, 11) is 0. The quantitative estimate of drug-likeness (QED) is 0.562. The van der Waals surface area contributed by atoms with Crippen molar-refractivity contribution in [1.29, 1.82) is 0 Å². The summed E-state index contributed by atoms with van der Waals surface area (Å²) in [5.74, 6) is 0.190. The molecule has 2 aromatic rings. The van der Waals surface area contributed by atoms with Gasteiger partial charge in [-0.1, -0.05) is 49.2 Å². The zero-order valence-corrected chi connectivity index (χ0v) is 18.3. The number of benzene rings is 2. The minimum absolute atomic E-state index is 0.239. The summed E-state index contributed by atoms with van der Waals surface area (Å²) in [4.78, 5) is 23.6. The van der Waals surface area contributed by atoms with E-state index >= 15 is 0 Å². The van der Waals surface area contributed by atoms with Crippen molar-refractivity contribution in [2.24, 2.45) is 0 Å². The van der Waals surface area contributed by atoms with Crippen molar-refractivity contribution < 1.29 is 19.1 Å². The predicted molar refractivity (Wildman–Crippen MR) is 112 cm³/mol. The van der Waals surface area contributed by atoms with Crippen LogP contribution in [-0.4, -0.2) is 25.0 Å². The van der Waals surface area contributed by atoms with Crippen LogP contribution in [0.15, 0.2) is 40.9 Å². The smallest absolute Gasteiger partial charge is 0.276 e. The molecule has 2 rings (SSSR count). The van der Waals surface area contributed by atoms with E-state index in [2.05, 4.69) is 40.6 Å². The van der Waals surface area contributed by atoms with Gasteiger partial charge in [0.25, 0.3) is 11.8 Å². The molecular formula is C19H19BrCl2N2O4. The summed E-state index contributed by atoms with van der Waals surface area (Å²) in [6.45, 7) is 3.60. The summed E-state index contributed by atoms with van der Waals surface area (Å²) in [5.41, 5.74) is 5.66. The van der Waals surface area contributed by atoms with Crippen molar-refractivity contribution in [2.45, 2.75) is 19.8 Å². The fraction of sp³-hybridized carbons (Fsp3) is 0.263. The number of carbonyl (C=O) groups is 2. The average molecular weight is 490 g/mol. The van der Waals surface area contributed by atoms with Crippen LogP contribution in [0, 0.1) is 0 Å². The van der Waals surface area contributed by atoms with Gasteiger partial charge in [-0.3, -0.25) is 20.4 Å². The van der Waals surface area contributed by atoms with Gasteiger partial charge in [0.2, 0.25) is 0 Å². The standard InChI is InChI=1S/C19H19BrCl2N2O4/c1-11(2)12-3-5-14(6-4-12)27-9-17(25)23-24-18(26)10-28-19-15(20)7-13(21)8-16(19)22/h3-8,11H,9-10H2,1-2H3,(H,23,25)(H,24,26). The number of rotatable bonds is 7. The first-order valence-electron chi connectivity index (χ1n) is 8.34. The molecule has 0 heterocycles. The SMILES string of the molecule is CC(C)c1ccc(OCC(=O)NNC(=O)COc2c(Cl)cc(Cl)cc2Br)cc1. The van der Waals surface area contributed by atoms with Crippen LogP contribution in [0.4, 0.5) is 0 Å². The number of carbonyl (C=O) groups excluding carboxylic acids is 2. The fourth-order valence-corrected chi connectivity index (χ4v) is 3.48. The molecule has 0 bridgehead atoms. The third-order valence-corrected chi connectivity index (χ3v) is 4.66. The Hall–Kier alpha value is -1.96. The minimum Gasteiger partial charge on any atom is -0.484 e. The molecule has 0 saturated carbocycles. The summed E-state index contributed by atoms with van der Waals surface area (Å²) >= 11 is 15.1. The van der Waals surface area contributed by atoms with Gasteiger partial charge in [-0.25, -0.2) is 0 Å². The first kappa shape index (κ1) is 22.3. The van der Waals surface area contributed by atoms with Gasteiger partial charge < -0.3 is 9.47 Å². The van der Waals surface area contributed by atoms with Gasteiger partial charge in [0, 0.05) is 5.02 Å². The Morgan fingerprint density at radius 2 is 1.57 bits per heavy atom. The molecule has 28 heavy (non-hydrogen) atoms. The average Bonchev–Trinajstić information content (AvgIpc) is 2.64. The molecule has 2 N–H and O–H groups in total. The topological polar surface area (TPSA) is 76.7 Å². The summed E-state index contributed by atoms with van der Waals surface area (Å²) in [6, 6.07) is 10.6. The molecule has 150 valence electrons. The van der Waals surface area contributed by atoms with E-state index in [4.69, 9.17) is 32.7 Å². The van der Waals surface area contributed by atoms with Crippen molar-refractivity contribution in [3.8, 4) is 11.5 Å². The van der Waals surface area contributed by atoms with Crippen molar-refractivity contribution in [2.75, 3.05) is 13.2 Å². The second-order valence-electron chi connectivity index (χ2n) is 6.10. The van der Waals surface area contributed by atoms with Crippen molar-refractivity contribution in [1.82, 2.24) is 10.9 Å². The van der Waals surface area contributed by atoms with Crippen LogP contribution >= 0.6 is 39.1 Å². The van der Waals surface area contributed by atoms with Crippen LogP contribution in [-0.2, 0) is 9.59 Å². The van der Waals surface area contributed by atoms with E-state index in [0.717, 1.165) is 0 Å². The second kappa shape index (κ2) is 10.5. The predicted octanol–water partition coefficient (Wildman–Crippen LogP) is 4.48. The van der Waals surface area contributed by atoms with Gasteiger partial charge in [-0.05, 0) is 51.7 Å². The molecule has 6 nitrogen and oxygen atoms in total. The maximum atomic E-state index is 11.8. The molecule has 9 heteroatoms. The summed E-state index contributed by atoms with van der Waals surface area (Å²) < 4.78 is 11.2. The molecule has 0 radical (unpaired) electrons. The van der Waals surface area contributed by atoms with E-state index in [-0.39, 0.29) is 24.0 Å². The molecule has 0 aromatic heterocycles. The van der Waals surface area contributed by atoms with Gasteiger partial charge in [-0.15, -0.1) is 0 Å². The Kier molecular flexibility index (Phi) is 8.41. The highest BCUT2D eigenvalue weighted by Crippen LogP contribution is 2.35. The molecule has 0 fully saturated rings. The highest BCUT2D eigenvalue weighted by Gasteiger charge is 2.12. The Bertz CT molecular complexity index is 821. The van der Waals surface area contributed by atoms with E-state index in [1.165, 1.54) is 11.6 Å². The van der Waals surface area contributed by atoms with Gasteiger partial charge >= 0.3 is 0 Å². The lowest BCUT2D eigenvalue weighted by Gasteiger charge is -2.12. The maximum Gasteiger partial charge on any atom is 0.276 e. The summed E-state index contributed by atoms with van der Waals surface area (Å²) in [6.07, 6.45) is 0. The monoisotopic (exact) mass is 488 g/mol. The first-order valence-corrected chi connectivity index (χ1v) is 9.89. The van der Waals surface area contributed by atoms with Crippen LogP contribution in [0.3, 0.4) is 0 Å². The molecule has 0 saturated heterocycles. The normalized spacial score (nSPS) is 10.5. The maximum absolute atomic E-state index is 11.8. The van der Waals surface area contributed by atoms with Crippen LogP contribution in [0.1, 0.15) is 25.3 Å². The van der Waals surface area contributed by atoms with E-state index in [1.54, 1.807) is 18.2 Å². The number of hydrazine groups is 1. The molecule has 0 aliphatic rings.